The van der Waals surface area contributed by atoms with Crippen molar-refractivity contribution in [2.45, 2.75) is 26.7 Å². The first-order valence-corrected chi connectivity index (χ1v) is 8.20. The second-order valence-electron chi connectivity index (χ2n) is 5.93. The fraction of sp³-hybridized carbons (Fsp3) is 0.333. The molecule has 0 spiro atoms. The van der Waals surface area contributed by atoms with Gasteiger partial charge in [-0.1, -0.05) is 28.9 Å². The van der Waals surface area contributed by atoms with Crippen LogP contribution >= 0.6 is 11.6 Å². The van der Waals surface area contributed by atoms with Gasteiger partial charge >= 0.3 is 5.97 Å². The summed E-state index contributed by atoms with van der Waals surface area (Å²) in [6.07, 6.45) is 0. The number of methoxy groups -OCH3 is 1. The molecule has 0 N–H and O–H groups in total. The summed E-state index contributed by atoms with van der Waals surface area (Å²) >= 11 is 6.18. The lowest BCUT2D eigenvalue weighted by atomic mass is 9.75. The third-order valence-corrected chi connectivity index (χ3v) is 4.48. The number of aromatic nitrogens is 2. The number of halogens is 1. The predicted molar refractivity (Wildman–Crippen MR) is 94.4 cm³/mol. The molecule has 0 saturated carbocycles. The molecule has 3 rings (SSSR count). The van der Waals surface area contributed by atoms with Crippen LogP contribution in [0.3, 0.4) is 0 Å². The Bertz CT molecular complexity index is 885. The number of aryl methyl sites for hydroxylation is 1. The number of nitrogens with zero attached hydrogens (tertiary/aromatic N) is 3. The van der Waals surface area contributed by atoms with Gasteiger partial charge in [0, 0.05) is 27.9 Å². The zero-order chi connectivity index (χ0) is 18.1. The summed E-state index contributed by atoms with van der Waals surface area (Å²) in [6.45, 7) is 5.42. The van der Waals surface area contributed by atoms with E-state index in [2.05, 4.69) is 15.1 Å². The number of ether oxygens (including phenoxy) is 1. The van der Waals surface area contributed by atoms with Gasteiger partial charge in [-0.15, -0.1) is 0 Å². The molecule has 1 aliphatic heterocycles. The summed E-state index contributed by atoms with van der Waals surface area (Å²) in [5, 5.41) is 4.45. The summed E-state index contributed by atoms with van der Waals surface area (Å²) in [4.78, 5) is 21.4. The van der Waals surface area contributed by atoms with Crippen LogP contribution in [0.4, 0.5) is 0 Å². The number of esters is 1. The van der Waals surface area contributed by atoms with Crippen molar-refractivity contribution >= 4 is 28.9 Å². The van der Waals surface area contributed by atoms with E-state index < -0.39 is 5.92 Å². The largest absolute Gasteiger partial charge is 0.468 e. The Hall–Kier alpha value is -2.47. The van der Waals surface area contributed by atoms with Gasteiger partial charge in [0.1, 0.15) is 5.92 Å². The highest BCUT2D eigenvalue weighted by molar-refractivity contribution is 6.30. The first kappa shape index (κ1) is 17.4. The molecular formula is C18H18ClN3O3. The van der Waals surface area contributed by atoms with Crippen molar-refractivity contribution in [1.82, 2.24) is 10.1 Å². The molecule has 2 aromatic rings. The normalized spacial score (nSPS) is 20.4. The van der Waals surface area contributed by atoms with Crippen molar-refractivity contribution in [2.24, 2.45) is 10.9 Å². The van der Waals surface area contributed by atoms with E-state index in [9.17, 15) is 4.79 Å². The minimum absolute atomic E-state index is 0.352. The quantitative estimate of drug-likeness (QED) is 0.779. The Kier molecular flexibility index (Phi) is 4.72. The van der Waals surface area contributed by atoms with E-state index >= 15 is 0 Å². The maximum Gasteiger partial charge on any atom is 0.315 e. The monoisotopic (exact) mass is 359 g/mol. The van der Waals surface area contributed by atoms with Crippen molar-refractivity contribution in [1.29, 1.82) is 0 Å². The zero-order valence-electron chi connectivity index (χ0n) is 14.4. The first-order chi connectivity index (χ1) is 11.9. The number of rotatable bonds is 3. The van der Waals surface area contributed by atoms with Crippen molar-refractivity contribution in [2.75, 3.05) is 7.11 Å². The molecule has 2 unspecified atom stereocenters. The van der Waals surface area contributed by atoms with Crippen LogP contribution in [-0.2, 0) is 9.53 Å². The van der Waals surface area contributed by atoms with E-state index in [0.29, 0.717) is 28.0 Å². The fourth-order valence-electron chi connectivity index (χ4n) is 3.21. The molecule has 0 fully saturated rings. The Morgan fingerprint density at radius 3 is 2.64 bits per heavy atom. The Balaban J connectivity index is 2.24. The zero-order valence-corrected chi connectivity index (χ0v) is 15.2. The summed E-state index contributed by atoms with van der Waals surface area (Å²) in [5.74, 6) is -0.462. The Morgan fingerprint density at radius 1 is 1.28 bits per heavy atom. The van der Waals surface area contributed by atoms with Gasteiger partial charge in [0.2, 0.25) is 0 Å². The van der Waals surface area contributed by atoms with Gasteiger partial charge in [0.05, 0.1) is 7.11 Å². The van der Waals surface area contributed by atoms with Crippen LogP contribution in [0.15, 0.2) is 39.5 Å². The highest BCUT2D eigenvalue weighted by atomic mass is 35.5. The third-order valence-electron chi connectivity index (χ3n) is 4.25. The number of hydrogen-bond acceptors (Lipinski definition) is 6. The maximum absolute atomic E-state index is 12.5. The molecule has 0 amide bonds. The van der Waals surface area contributed by atoms with Gasteiger partial charge < -0.3 is 9.26 Å². The smallest absolute Gasteiger partial charge is 0.315 e. The summed E-state index contributed by atoms with van der Waals surface area (Å²) in [5.41, 5.74) is 2.98. The number of aliphatic imine (C=N–C) groups is 1. The van der Waals surface area contributed by atoms with Crippen molar-refractivity contribution in [3.63, 3.8) is 0 Å². The van der Waals surface area contributed by atoms with E-state index in [1.54, 1.807) is 13.0 Å². The topological polar surface area (TPSA) is 77.6 Å². The van der Waals surface area contributed by atoms with Gasteiger partial charge in [0.25, 0.3) is 5.89 Å². The molecule has 6 nitrogen and oxygen atoms in total. The Labute approximate surface area is 150 Å². The number of benzene rings is 1. The number of hydrogen-bond donors (Lipinski definition) is 0. The minimum atomic E-state index is -0.589. The van der Waals surface area contributed by atoms with Crippen LogP contribution in [0.25, 0.3) is 5.57 Å². The average molecular weight is 360 g/mol. The van der Waals surface area contributed by atoms with Gasteiger partial charge in [0.15, 0.2) is 5.82 Å². The molecule has 0 bridgehead atoms. The van der Waals surface area contributed by atoms with Gasteiger partial charge in [-0.2, -0.15) is 4.98 Å². The SMILES string of the molecule is COC(=O)C1C(C)=NC(C)=C(c2nc(C)no2)C1c1cccc(Cl)c1. The molecule has 1 aromatic carbocycles. The first-order valence-electron chi connectivity index (χ1n) is 7.82. The lowest BCUT2D eigenvalue weighted by Crippen LogP contribution is -2.33. The molecule has 1 aromatic heterocycles. The lowest BCUT2D eigenvalue weighted by molar-refractivity contribution is -0.143. The molecule has 0 aliphatic carbocycles. The van der Waals surface area contributed by atoms with Gasteiger partial charge in [-0.05, 0) is 38.5 Å². The van der Waals surface area contributed by atoms with Gasteiger partial charge in [-0.25, -0.2) is 0 Å². The molecular weight excluding hydrogens is 342 g/mol. The van der Waals surface area contributed by atoms with E-state index in [0.717, 1.165) is 11.3 Å². The minimum Gasteiger partial charge on any atom is -0.468 e. The Morgan fingerprint density at radius 2 is 2.04 bits per heavy atom. The van der Waals surface area contributed by atoms with Gasteiger partial charge in [-0.3, -0.25) is 9.79 Å². The molecule has 25 heavy (non-hydrogen) atoms. The number of allylic oxidation sites excluding steroid dienone is 2. The molecule has 0 saturated heterocycles. The fourth-order valence-corrected chi connectivity index (χ4v) is 3.41. The van der Waals surface area contributed by atoms with E-state index in [1.165, 1.54) is 7.11 Å². The highest BCUT2D eigenvalue weighted by Gasteiger charge is 2.41. The van der Waals surface area contributed by atoms with Crippen LogP contribution < -0.4 is 0 Å². The summed E-state index contributed by atoms with van der Waals surface area (Å²) in [7, 11) is 1.37. The van der Waals surface area contributed by atoms with Crippen LogP contribution in [0.5, 0.6) is 0 Å². The van der Waals surface area contributed by atoms with Crippen LogP contribution in [0.2, 0.25) is 5.02 Å². The predicted octanol–water partition coefficient (Wildman–Crippen LogP) is 3.81. The second-order valence-corrected chi connectivity index (χ2v) is 6.37. The molecule has 1 aliphatic rings. The van der Waals surface area contributed by atoms with Crippen molar-refractivity contribution < 1.29 is 14.1 Å². The second kappa shape index (κ2) is 6.80. The standard InChI is InChI=1S/C18H18ClN3O3/c1-9-14(17-21-11(3)22-25-17)16(12-6-5-7-13(19)8-12)15(10(2)20-9)18(23)24-4/h5-8,15-16H,1-4H3. The lowest BCUT2D eigenvalue weighted by Gasteiger charge is -2.30. The van der Waals surface area contributed by atoms with Crippen LogP contribution in [0, 0.1) is 12.8 Å². The summed E-state index contributed by atoms with van der Waals surface area (Å²) in [6, 6.07) is 7.38. The average Bonchev–Trinajstić information content (AvgIpc) is 2.99. The van der Waals surface area contributed by atoms with Crippen LogP contribution in [0.1, 0.15) is 37.0 Å². The molecule has 2 heterocycles. The van der Waals surface area contributed by atoms with E-state index in [4.69, 9.17) is 20.9 Å². The molecule has 0 radical (unpaired) electrons. The molecule has 130 valence electrons. The highest BCUT2D eigenvalue weighted by Crippen LogP contribution is 2.44. The summed E-state index contributed by atoms with van der Waals surface area (Å²) < 4.78 is 10.4. The van der Waals surface area contributed by atoms with E-state index in [-0.39, 0.29) is 11.9 Å². The molecule has 2 atom stereocenters. The van der Waals surface area contributed by atoms with Crippen LogP contribution in [-0.4, -0.2) is 28.9 Å². The number of carbonyl (C=O) groups excluding carboxylic acids is 1. The van der Waals surface area contributed by atoms with Crippen molar-refractivity contribution in [3.05, 3.63) is 52.3 Å². The third kappa shape index (κ3) is 3.22. The maximum atomic E-state index is 12.5. The molecule has 7 heteroatoms. The van der Waals surface area contributed by atoms with Crippen molar-refractivity contribution in [3.8, 4) is 0 Å². The van der Waals surface area contributed by atoms with E-state index in [1.807, 2.05) is 32.0 Å². The number of carbonyl (C=O) groups is 1.